The summed E-state index contributed by atoms with van der Waals surface area (Å²) in [7, 11) is 0. The summed E-state index contributed by atoms with van der Waals surface area (Å²) in [5.41, 5.74) is 1.87. The second-order valence-electron chi connectivity index (χ2n) is 6.77. The van der Waals surface area contributed by atoms with E-state index in [0.29, 0.717) is 6.54 Å². The van der Waals surface area contributed by atoms with Gasteiger partial charge in [-0.3, -0.25) is 9.69 Å². The predicted molar refractivity (Wildman–Crippen MR) is 101 cm³/mol. The summed E-state index contributed by atoms with van der Waals surface area (Å²) in [6.07, 6.45) is -2.95. The van der Waals surface area contributed by atoms with Gasteiger partial charge < -0.3 is 19.3 Å². The molecule has 0 aromatic carbocycles. The van der Waals surface area contributed by atoms with Crippen LogP contribution in [0.3, 0.4) is 0 Å². The van der Waals surface area contributed by atoms with E-state index in [1.807, 2.05) is 21.7 Å². The Balaban J connectivity index is 0.000000318. The highest BCUT2D eigenvalue weighted by atomic mass is 32.1. The third-order valence-corrected chi connectivity index (χ3v) is 5.32. The highest BCUT2D eigenvalue weighted by Gasteiger charge is 2.38. The number of alkyl halides is 3. The molecule has 1 amide bonds. The third-order valence-electron chi connectivity index (χ3n) is 4.64. The van der Waals surface area contributed by atoms with E-state index < -0.39 is 12.1 Å². The Kier molecular flexibility index (Phi) is 7.10. The summed E-state index contributed by atoms with van der Waals surface area (Å²) in [5.74, 6) is -1.66. The van der Waals surface area contributed by atoms with Crippen LogP contribution >= 0.6 is 11.3 Å². The van der Waals surface area contributed by atoms with E-state index in [2.05, 4.69) is 15.7 Å². The topological polar surface area (TPSA) is 87.9 Å². The van der Waals surface area contributed by atoms with Crippen molar-refractivity contribution in [3.05, 3.63) is 40.1 Å². The number of nitrogens with zero attached hydrogens (tertiary/aromatic N) is 4. The number of carbonyl (C=O) groups is 2. The smallest absolute Gasteiger partial charge is 0.475 e. The number of aliphatic carboxylic acids is 1. The van der Waals surface area contributed by atoms with Crippen LogP contribution in [0.5, 0.6) is 0 Å². The number of rotatable bonds is 3. The fraction of sp³-hybridized carbons (Fsp3) is 0.500. The molecular weight excluding hydrogens is 425 g/mol. The van der Waals surface area contributed by atoms with Gasteiger partial charge in [0.05, 0.1) is 31.0 Å². The van der Waals surface area contributed by atoms with Gasteiger partial charge in [-0.1, -0.05) is 0 Å². The molecule has 30 heavy (non-hydrogen) atoms. The van der Waals surface area contributed by atoms with Crippen molar-refractivity contribution in [2.45, 2.75) is 25.8 Å². The van der Waals surface area contributed by atoms with Gasteiger partial charge in [-0.15, -0.1) is 0 Å². The Morgan fingerprint density at radius 2 is 1.90 bits per heavy atom. The highest BCUT2D eigenvalue weighted by molar-refractivity contribution is 7.08. The Bertz CT molecular complexity index is 863. The lowest BCUT2D eigenvalue weighted by molar-refractivity contribution is -0.192. The zero-order valence-electron chi connectivity index (χ0n) is 16.0. The number of thiophene rings is 1. The zero-order chi connectivity index (χ0) is 21.7. The number of halogens is 3. The Morgan fingerprint density at radius 1 is 1.20 bits per heavy atom. The quantitative estimate of drug-likeness (QED) is 0.777. The summed E-state index contributed by atoms with van der Waals surface area (Å²) in [5, 5.41) is 11.0. The molecule has 0 bridgehead atoms. The number of carbonyl (C=O) groups excluding carboxylic acids is 1. The number of aromatic nitrogens is 2. The van der Waals surface area contributed by atoms with Crippen molar-refractivity contribution < 1.29 is 32.6 Å². The van der Waals surface area contributed by atoms with Crippen molar-refractivity contribution in [3.63, 3.8) is 0 Å². The third kappa shape index (κ3) is 5.80. The average Bonchev–Trinajstić information content (AvgIpc) is 3.37. The normalized spacial score (nSPS) is 17.1. The van der Waals surface area contributed by atoms with Crippen molar-refractivity contribution in [2.24, 2.45) is 0 Å². The van der Waals surface area contributed by atoms with E-state index in [1.54, 1.807) is 11.3 Å². The number of imidazole rings is 1. The number of amides is 1. The number of hydrogen-bond donors (Lipinski definition) is 1. The van der Waals surface area contributed by atoms with Gasteiger partial charge in [0.1, 0.15) is 5.82 Å². The molecule has 164 valence electrons. The molecule has 0 unspecified atom stereocenters. The van der Waals surface area contributed by atoms with E-state index >= 15 is 0 Å². The lowest BCUT2D eigenvalue weighted by Crippen LogP contribution is -2.38. The fourth-order valence-electron chi connectivity index (χ4n) is 3.12. The SMILES string of the molecule is O=C(O)C(F)(F)F.O=C(c1ccsc1)N1CCn2cc(CN3CCOCC3)nc2C1. The van der Waals surface area contributed by atoms with Crippen LogP contribution in [0, 0.1) is 0 Å². The van der Waals surface area contributed by atoms with Crippen LogP contribution in [0.15, 0.2) is 23.0 Å². The molecule has 2 aliphatic rings. The van der Waals surface area contributed by atoms with Crippen LogP contribution in [-0.4, -0.2) is 75.4 Å². The van der Waals surface area contributed by atoms with Gasteiger partial charge in [-0.05, 0) is 11.4 Å². The maximum absolute atomic E-state index is 12.5. The molecule has 0 saturated carbocycles. The van der Waals surface area contributed by atoms with Gasteiger partial charge in [0.2, 0.25) is 0 Å². The van der Waals surface area contributed by atoms with Crippen LogP contribution in [0.25, 0.3) is 0 Å². The lowest BCUT2D eigenvalue weighted by atomic mass is 10.2. The van der Waals surface area contributed by atoms with Crippen molar-refractivity contribution in [2.75, 3.05) is 32.8 Å². The maximum Gasteiger partial charge on any atom is 0.490 e. The van der Waals surface area contributed by atoms with Crippen molar-refractivity contribution in [1.29, 1.82) is 0 Å². The first-order valence-corrected chi connectivity index (χ1v) is 10.1. The summed E-state index contributed by atoms with van der Waals surface area (Å²) < 4.78 is 39.3. The molecule has 0 atom stereocenters. The summed E-state index contributed by atoms with van der Waals surface area (Å²) >= 11 is 1.56. The largest absolute Gasteiger partial charge is 0.490 e. The Hall–Kier alpha value is -2.44. The molecule has 4 heterocycles. The molecular formula is C18H21F3N4O4S. The van der Waals surface area contributed by atoms with E-state index in [0.717, 1.165) is 63.0 Å². The van der Waals surface area contributed by atoms with Crippen LogP contribution in [0.2, 0.25) is 0 Å². The average molecular weight is 446 g/mol. The number of fused-ring (bicyclic) bond motifs is 1. The van der Waals surface area contributed by atoms with Gasteiger partial charge >= 0.3 is 12.1 Å². The van der Waals surface area contributed by atoms with Gasteiger partial charge in [0.25, 0.3) is 5.91 Å². The van der Waals surface area contributed by atoms with Crippen LogP contribution in [-0.2, 0) is 29.2 Å². The summed E-state index contributed by atoms with van der Waals surface area (Å²) in [4.78, 5) is 30.4. The number of carboxylic acids is 1. The second-order valence-corrected chi connectivity index (χ2v) is 7.55. The minimum Gasteiger partial charge on any atom is -0.475 e. The van der Waals surface area contributed by atoms with Gasteiger partial charge in [0.15, 0.2) is 0 Å². The van der Waals surface area contributed by atoms with Crippen LogP contribution < -0.4 is 0 Å². The first kappa shape index (κ1) is 22.2. The first-order chi connectivity index (χ1) is 14.2. The minimum absolute atomic E-state index is 0.107. The summed E-state index contributed by atoms with van der Waals surface area (Å²) in [6, 6.07) is 1.89. The molecule has 2 aromatic rings. The number of ether oxygens (including phenoxy) is 1. The molecule has 0 aliphatic carbocycles. The molecule has 2 aliphatic heterocycles. The van der Waals surface area contributed by atoms with Gasteiger partial charge in [0, 0.05) is 44.3 Å². The molecule has 1 N–H and O–H groups in total. The molecule has 12 heteroatoms. The van der Waals surface area contributed by atoms with E-state index in [-0.39, 0.29) is 5.91 Å². The predicted octanol–water partition coefficient (Wildman–Crippen LogP) is 2.07. The molecule has 8 nitrogen and oxygen atoms in total. The number of carboxylic acid groups (broad SMARTS) is 1. The van der Waals surface area contributed by atoms with Crippen molar-refractivity contribution in [3.8, 4) is 0 Å². The molecule has 0 radical (unpaired) electrons. The lowest BCUT2D eigenvalue weighted by Gasteiger charge is -2.27. The van der Waals surface area contributed by atoms with Gasteiger partial charge in [-0.25, -0.2) is 9.78 Å². The zero-order valence-corrected chi connectivity index (χ0v) is 16.8. The van der Waals surface area contributed by atoms with E-state index in [4.69, 9.17) is 19.6 Å². The fourth-order valence-corrected chi connectivity index (χ4v) is 3.75. The monoisotopic (exact) mass is 446 g/mol. The number of hydrogen-bond acceptors (Lipinski definition) is 6. The first-order valence-electron chi connectivity index (χ1n) is 9.20. The van der Waals surface area contributed by atoms with Crippen LogP contribution in [0.4, 0.5) is 13.2 Å². The standard InChI is InChI=1S/C16H20N4O2S.C2HF3O2/c21-16(13-1-8-23-12-13)20-3-2-19-10-14(17-15(19)11-20)9-18-4-6-22-7-5-18;3-2(4,5)1(6)7/h1,8,10,12H,2-7,9,11H2;(H,6,7). The van der Waals surface area contributed by atoms with E-state index in [1.165, 1.54) is 0 Å². The van der Waals surface area contributed by atoms with Crippen LogP contribution in [0.1, 0.15) is 21.9 Å². The molecule has 4 rings (SSSR count). The summed E-state index contributed by atoms with van der Waals surface area (Å²) in [6.45, 7) is 6.55. The molecule has 1 fully saturated rings. The highest BCUT2D eigenvalue weighted by Crippen LogP contribution is 2.18. The Labute approximate surface area is 174 Å². The van der Waals surface area contributed by atoms with Crippen molar-refractivity contribution in [1.82, 2.24) is 19.4 Å². The molecule has 1 saturated heterocycles. The molecule has 2 aromatic heterocycles. The minimum atomic E-state index is -5.08. The number of morpholine rings is 1. The second kappa shape index (κ2) is 9.58. The van der Waals surface area contributed by atoms with E-state index in [9.17, 15) is 18.0 Å². The van der Waals surface area contributed by atoms with Gasteiger partial charge in [-0.2, -0.15) is 24.5 Å². The Morgan fingerprint density at radius 3 is 2.50 bits per heavy atom. The maximum atomic E-state index is 12.5. The molecule has 0 spiro atoms. The van der Waals surface area contributed by atoms with Crippen molar-refractivity contribution >= 4 is 23.2 Å².